The molecule has 0 bridgehead atoms. The molecule has 1 fully saturated rings. The fourth-order valence-corrected chi connectivity index (χ4v) is 4.07. The highest BCUT2D eigenvalue weighted by atomic mass is 16.4. The Labute approximate surface area is 156 Å². The van der Waals surface area contributed by atoms with Crippen LogP contribution in [-0.4, -0.2) is 71.7 Å². The average molecular weight is 361 g/mol. The summed E-state index contributed by atoms with van der Waals surface area (Å²) in [7, 11) is 2.21. The van der Waals surface area contributed by atoms with Gasteiger partial charge in [-0.25, -0.2) is 4.98 Å². The second kappa shape index (κ2) is 9.33. The second-order valence-electron chi connectivity index (χ2n) is 7.68. The van der Waals surface area contributed by atoms with E-state index in [2.05, 4.69) is 29.4 Å². The smallest absolute Gasteiger partial charge is 0.317 e. The van der Waals surface area contributed by atoms with Gasteiger partial charge in [-0.3, -0.25) is 9.69 Å². The fourth-order valence-electron chi connectivity index (χ4n) is 4.07. The van der Waals surface area contributed by atoms with E-state index >= 15 is 0 Å². The molecule has 6 heteroatoms. The number of rotatable bonds is 8. The van der Waals surface area contributed by atoms with Gasteiger partial charge in [0.1, 0.15) is 5.82 Å². The number of carboxylic acids is 1. The summed E-state index contributed by atoms with van der Waals surface area (Å²) in [6, 6.07) is 5.01. The molecule has 6 nitrogen and oxygen atoms in total. The lowest BCUT2D eigenvalue weighted by Gasteiger charge is -2.36. The maximum absolute atomic E-state index is 10.8. The number of carbonyl (C=O) groups is 1. The summed E-state index contributed by atoms with van der Waals surface area (Å²) < 4.78 is 0. The number of hydrogen-bond donors (Lipinski definition) is 2. The Kier molecular flexibility index (Phi) is 6.86. The quantitative estimate of drug-likeness (QED) is 0.693. The number of likely N-dealkylation sites (tertiary alicyclic amines) is 1. The normalized spacial score (nSPS) is 18.5. The van der Waals surface area contributed by atoms with Crippen molar-refractivity contribution in [1.82, 2.24) is 14.8 Å². The molecule has 26 heavy (non-hydrogen) atoms. The van der Waals surface area contributed by atoms with Gasteiger partial charge in [0.25, 0.3) is 0 Å². The van der Waals surface area contributed by atoms with E-state index in [1.54, 1.807) is 0 Å². The molecule has 144 valence electrons. The molecule has 3 rings (SSSR count). The van der Waals surface area contributed by atoms with Crippen LogP contribution >= 0.6 is 0 Å². The van der Waals surface area contributed by atoms with Crippen molar-refractivity contribution in [3.05, 3.63) is 23.4 Å². The van der Waals surface area contributed by atoms with Gasteiger partial charge in [-0.05, 0) is 70.2 Å². The third-order valence-corrected chi connectivity index (χ3v) is 5.68. The highest BCUT2D eigenvalue weighted by Crippen LogP contribution is 2.20. The van der Waals surface area contributed by atoms with Crippen LogP contribution in [0.1, 0.15) is 43.4 Å². The van der Waals surface area contributed by atoms with Gasteiger partial charge in [0.15, 0.2) is 0 Å². The van der Waals surface area contributed by atoms with Crippen molar-refractivity contribution in [1.29, 1.82) is 0 Å². The predicted molar refractivity (Wildman–Crippen MR) is 104 cm³/mol. The topological polar surface area (TPSA) is 68.7 Å². The van der Waals surface area contributed by atoms with Crippen molar-refractivity contribution >= 4 is 11.8 Å². The average Bonchev–Trinajstić information content (AvgIpc) is 2.65. The minimum Gasteiger partial charge on any atom is -0.480 e. The molecule has 0 radical (unpaired) electrons. The first kappa shape index (κ1) is 19.1. The summed E-state index contributed by atoms with van der Waals surface area (Å²) in [5.41, 5.74) is 2.55. The zero-order valence-corrected chi connectivity index (χ0v) is 15.9. The molecule has 1 aromatic rings. The van der Waals surface area contributed by atoms with Gasteiger partial charge >= 0.3 is 5.97 Å². The summed E-state index contributed by atoms with van der Waals surface area (Å²) in [5, 5.41) is 12.3. The van der Waals surface area contributed by atoms with Gasteiger partial charge in [0, 0.05) is 31.4 Å². The highest BCUT2D eigenvalue weighted by Gasteiger charge is 2.23. The van der Waals surface area contributed by atoms with Gasteiger partial charge in [-0.15, -0.1) is 0 Å². The first-order chi connectivity index (χ1) is 12.6. The minimum absolute atomic E-state index is 0.180. The van der Waals surface area contributed by atoms with Crippen molar-refractivity contribution in [2.45, 2.75) is 51.0 Å². The van der Waals surface area contributed by atoms with Crippen LogP contribution in [-0.2, 0) is 17.6 Å². The van der Waals surface area contributed by atoms with Gasteiger partial charge in [-0.2, -0.15) is 0 Å². The molecule has 0 spiro atoms. The van der Waals surface area contributed by atoms with E-state index in [0.717, 1.165) is 64.1 Å². The number of nitrogens with one attached hydrogen (secondary N) is 1. The maximum atomic E-state index is 10.8. The van der Waals surface area contributed by atoms with Gasteiger partial charge < -0.3 is 15.3 Å². The summed E-state index contributed by atoms with van der Waals surface area (Å²) in [6.45, 7) is 4.12. The van der Waals surface area contributed by atoms with E-state index < -0.39 is 5.97 Å². The third-order valence-electron chi connectivity index (χ3n) is 5.68. The van der Waals surface area contributed by atoms with E-state index in [4.69, 9.17) is 10.1 Å². The number of nitrogens with zero attached hydrogens (tertiary/aromatic N) is 3. The SMILES string of the molecule is CN(CCCCc1ccc2c(n1)NCCC2)C1CCN(CC(=O)O)CC1. The highest BCUT2D eigenvalue weighted by molar-refractivity contribution is 5.69. The minimum atomic E-state index is -0.720. The van der Waals surface area contributed by atoms with E-state index in [1.165, 1.54) is 24.1 Å². The van der Waals surface area contributed by atoms with E-state index in [9.17, 15) is 4.79 Å². The van der Waals surface area contributed by atoms with Crippen molar-refractivity contribution in [2.24, 2.45) is 0 Å². The van der Waals surface area contributed by atoms with Crippen molar-refractivity contribution in [3.8, 4) is 0 Å². The number of hydrogen-bond acceptors (Lipinski definition) is 5. The van der Waals surface area contributed by atoms with E-state index in [1.807, 2.05) is 4.90 Å². The molecular formula is C20H32N4O2. The maximum Gasteiger partial charge on any atom is 0.317 e. The summed E-state index contributed by atoms with van der Waals surface area (Å²) in [4.78, 5) is 20.1. The van der Waals surface area contributed by atoms with Gasteiger partial charge in [-0.1, -0.05) is 6.07 Å². The van der Waals surface area contributed by atoms with Crippen LogP contribution in [0.25, 0.3) is 0 Å². The van der Waals surface area contributed by atoms with Crippen LogP contribution in [0, 0.1) is 0 Å². The third kappa shape index (κ3) is 5.42. The summed E-state index contributed by atoms with van der Waals surface area (Å²) in [5.74, 6) is 0.377. The van der Waals surface area contributed by atoms with Crippen LogP contribution in [0.15, 0.2) is 12.1 Å². The molecule has 0 amide bonds. The number of aryl methyl sites for hydroxylation is 2. The summed E-state index contributed by atoms with van der Waals surface area (Å²) >= 11 is 0. The Morgan fingerprint density at radius 1 is 1.35 bits per heavy atom. The molecule has 1 aromatic heterocycles. The number of carboxylic acid groups (broad SMARTS) is 1. The molecule has 3 heterocycles. The molecule has 0 unspecified atom stereocenters. The molecule has 0 aliphatic carbocycles. The Hall–Kier alpha value is -1.66. The number of aliphatic carboxylic acids is 1. The van der Waals surface area contributed by atoms with E-state index in [-0.39, 0.29) is 6.54 Å². The van der Waals surface area contributed by atoms with Crippen LogP contribution in [0.2, 0.25) is 0 Å². The first-order valence-corrected chi connectivity index (χ1v) is 9.99. The fraction of sp³-hybridized carbons (Fsp3) is 0.700. The Morgan fingerprint density at radius 2 is 2.15 bits per heavy atom. The number of pyridine rings is 1. The molecule has 2 aliphatic heterocycles. The van der Waals surface area contributed by atoms with Crippen LogP contribution in [0.4, 0.5) is 5.82 Å². The molecular weight excluding hydrogens is 328 g/mol. The lowest BCUT2D eigenvalue weighted by atomic mass is 10.0. The van der Waals surface area contributed by atoms with Crippen LogP contribution in [0.3, 0.4) is 0 Å². The zero-order valence-electron chi connectivity index (χ0n) is 15.9. The molecule has 0 aromatic carbocycles. The number of piperidine rings is 1. The van der Waals surface area contributed by atoms with Crippen LogP contribution < -0.4 is 5.32 Å². The molecule has 0 saturated carbocycles. The summed E-state index contributed by atoms with van der Waals surface area (Å²) in [6.07, 6.45) is 7.87. The molecule has 2 N–H and O–H groups in total. The van der Waals surface area contributed by atoms with Crippen molar-refractivity contribution in [2.75, 3.05) is 45.1 Å². The van der Waals surface area contributed by atoms with E-state index in [0.29, 0.717) is 6.04 Å². The largest absolute Gasteiger partial charge is 0.480 e. The Bertz CT molecular complexity index is 599. The number of unbranched alkanes of at least 4 members (excludes halogenated alkanes) is 1. The molecule has 2 aliphatic rings. The van der Waals surface area contributed by atoms with Crippen molar-refractivity contribution < 1.29 is 9.90 Å². The van der Waals surface area contributed by atoms with Gasteiger partial charge in [0.2, 0.25) is 0 Å². The zero-order chi connectivity index (χ0) is 18.4. The Balaban J connectivity index is 1.34. The van der Waals surface area contributed by atoms with Gasteiger partial charge in [0.05, 0.1) is 6.54 Å². The standard InChI is InChI=1S/C20H32N4O2/c1-23(18-9-13-24(14-10-18)15-19(25)26)12-3-2-6-17-8-7-16-5-4-11-21-20(16)22-17/h7-8,18H,2-6,9-15H2,1H3,(H,21,22)(H,25,26). The molecule has 1 saturated heterocycles. The number of fused-ring (bicyclic) bond motifs is 1. The van der Waals surface area contributed by atoms with Crippen molar-refractivity contribution in [3.63, 3.8) is 0 Å². The first-order valence-electron chi connectivity index (χ1n) is 9.99. The number of anilines is 1. The Morgan fingerprint density at radius 3 is 2.92 bits per heavy atom. The molecule has 0 atom stereocenters. The second-order valence-corrected chi connectivity index (χ2v) is 7.68. The number of aromatic nitrogens is 1. The predicted octanol–water partition coefficient (Wildman–Crippen LogP) is 2.24. The van der Waals surface area contributed by atoms with Crippen LogP contribution in [0.5, 0.6) is 0 Å². The monoisotopic (exact) mass is 360 g/mol. The lowest BCUT2D eigenvalue weighted by Crippen LogP contribution is -2.45. The lowest BCUT2D eigenvalue weighted by molar-refractivity contribution is -0.138.